The Hall–Kier alpha value is -1.73. The normalized spacial score (nSPS) is 10.9. The van der Waals surface area contributed by atoms with Gasteiger partial charge in [0.05, 0.1) is 13.9 Å². The van der Waals surface area contributed by atoms with Crippen LogP contribution < -0.4 is 4.74 Å². The van der Waals surface area contributed by atoms with Gasteiger partial charge in [-0.3, -0.25) is 10.1 Å². The van der Waals surface area contributed by atoms with E-state index in [2.05, 4.69) is 31.9 Å². The summed E-state index contributed by atoms with van der Waals surface area (Å²) in [4.78, 5) is 9.81. The maximum absolute atomic E-state index is 12.8. The third-order valence-electron chi connectivity index (χ3n) is 2.71. The molecule has 0 aliphatic rings. The summed E-state index contributed by atoms with van der Waals surface area (Å²) in [6.45, 7) is 0.279. The van der Waals surface area contributed by atoms with Crippen LogP contribution in [0.2, 0.25) is 0 Å². The zero-order valence-electron chi connectivity index (χ0n) is 11.1. The van der Waals surface area contributed by atoms with Gasteiger partial charge in [0.1, 0.15) is 18.2 Å². The molecular weight excluding hydrogens is 421 g/mol. The third-order valence-corrected chi connectivity index (χ3v) is 3.88. The van der Waals surface area contributed by atoms with Crippen LogP contribution in [0.4, 0.5) is 4.39 Å². The first kappa shape index (κ1) is 16.6. The number of halogens is 3. The van der Waals surface area contributed by atoms with Crippen LogP contribution in [-0.4, -0.2) is 4.92 Å². The molecule has 114 valence electrons. The highest BCUT2D eigenvalue weighted by Gasteiger charge is 2.09. The smallest absolute Gasteiger partial charge is 0.235 e. The first-order valence-electron chi connectivity index (χ1n) is 6.13. The Labute approximate surface area is 143 Å². The van der Waals surface area contributed by atoms with E-state index < -0.39 is 4.92 Å². The van der Waals surface area contributed by atoms with E-state index in [-0.39, 0.29) is 12.4 Å². The lowest BCUT2D eigenvalue weighted by molar-refractivity contribution is -0.400. The molecule has 0 fully saturated rings. The summed E-state index contributed by atoms with van der Waals surface area (Å²) in [7, 11) is 0. The molecule has 0 atom stereocenters. The van der Waals surface area contributed by atoms with Gasteiger partial charge in [-0.15, -0.1) is 0 Å². The fourth-order valence-electron chi connectivity index (χ4n) is 1.70. The molecule has 0 saturated heterocycles. The van der Waals surface area contributed by atoms with Crippen molar-refractivity contribution in [1.82, 2.24) is 0 Å². The van der Waals surface area contributed by atoms with E-state index in [1.165, 1.54) is 18.2 Å². The standard InChI is InChI=1S/C15H10Br2FNO3/c16-13-7-11(5-6-19(20)21)8-14(17)15(13)22-9-10-1-3-12(18)4-2-10/h1-8H,9H2. The molecule has 4 nitrogen and oxygen atoms in total. The maximum Gasteiger partial charge on any atom is 0.235 e. The van der Waals surface area contributed by atoms with Crippen molar-refractivity contribution in [2.24, 2.45) is 0 Å². The van der Waals surface area contributed by atoms with E-state index in [0.717, 1.165) is 11.8 Å². The van der Waals surface area contributed by atoms with Gasteiger partial charge in [0.25, 0.3) is 0 Å². The minimum atomic E-state index is -0.527. The molecule has 0 saturated carbocycles. The summed E-state index contributed by atoms with van der Waals surface area (Å²) in [5.41, 5.74) is 1.49. The monoisotopic (exact) mass is 429 g/mol. The Morgan fingerprint density at radius 3 is 2.32 bits per heavy atom. The second-order valence-electron chi connectivity index (χ2n) is 4.33. The van der Waals surface area contributed by atoms with Crippen molar-refractivity contribution in [2.45, 2.75) is 6.61 Å². The minimum absolute atomic E-state index is 0.279. The van der Waals surface area contributed by atoms with Crippen LogP contribution in [0.25, 0.3) is 6.08 Å². The number of hydrogen-bond acceptors (Lipinski definition) is 3. The van der Waals surface area contributed by atoms with Gasteiger partial charge < -0.3 is 4.74 Å². The second-order valence-corrected chi connectivity index (χ2v) is 6.04. The Kier molecular flexibility index (Phi) is 5.68. The van der Waals surface area contributed by atoms with Gasteiger partial charge >= 0.3 is 0 Å². The Morgan fingerprint density at radius 2 is 1.77 bits per heavy atom. The number of benzene rings is 2. The zero-order valence-corrected chi connectivity index (χ0v) is 14.3. The highest BCUT2D eigenvalue weighted by molar-refractivity contribution is 9.11. The molecule has 0 radical (unpaired) electrons. The molecular formula is C15H10Br2FNO3. The van der Waals surface area contributed by atoms with Gasteiger partial charge in [-0.05, 0) is 67.3 Å². The predicted octanol–water partition coefficient (Wildman–Crippen LogP) is 5.18. The quantitative estimate of drug-likeness (QED) is 0.485. The van der Waals surface area contributed by atoms with E-state index in [1.54, 1.807) is 24.3 Å². The first-order chi connectivity index (χ1) is 10.5. The molecule has 0 bridgehead atoms. The SMILES string of the molecule is O=[N+]([O-])C=Cc1cc(Br)c(OCc2ccc(F)cc2)c(Br)c1. The summed E-state index contributed by atoms with van der Waals surface area (Å²) < 4.78 is 19.9. The molecule has 0 aliphatic heterocycles. The fourth-order valence-corrected chi connectivity index (χ4v) is 3.15. The van der Waals surface area contributed by atoms with E-state index in [4.69, 9.17) is 4.74 Å². The second kappa shape index (κ2) is 7.51. The molecule has 0 heterocycles. The van der Waals surface area contributed by atoms with Gasteiger partial charge in [-0.1, -0.05) is 12.1 Å². The van der Waals surface area contributed by atoms with Gasteiger partial charge in [0, 0.05) is 6.08 Å². The van der Waals surface area contributed by atoms with Crippen LogP contribution in [0.1, 0.15) is 11.1 Å². The van der Waals surface area contributed by atoms with Crippen molar-refractivity contribution in [3.63, 3.8) is 0 Å². The molecule has 0 amide bonds. The van der Waals surface area contributed by atoms with Gasteiger partial charge in [-0.2, -0.15) is 0 Å². The topological polar surface area (TPSA) is 52.4 Å². The van der Waals surface area contributed by atoms with E-state index in [9.17, 15) is 14.5 Å². The Balaban J connectivity index is 2.14. The summed E-state index contributed by atoms with van der Waals surface area (Å²) in [6.07, 6.45) is 2.26. The molecule has 0 spiro atoms. The van der Waals surface area contributed by atoms with Crippen LogP contribution in [-0.2, 0) is 6.61 Å². The van der Waals surface area contributed by atoms with Crippen molar-refractivity contribution in [3.05, 3.63) is 78.6 Å². The fraction of sp³-hybridized carbons (Fsp3) is 0.0667. The lowest BCUT2D eigenvalue weighted by atomic mass is 10.2. The Bertz CT molecular complexity index is 694. The van der Waals surface area contributed by atoms with Crippen molar-refractivity contribution in [2.75, 3.05) is 0 Å². The third kappa shape index (κ3) is 4.64. The number of rotatable bonds is 5. The van der Waals surface area contributed by atoms with E-state index in [0.29, 0.717) is 20.3 Å². The van der Waals surface area contributed by atoms with Crippen LogP contribution in [0, 0.1) is 15.9 Å². The number of nitrogens with zero attached hydrogens (tertiary/aromatic N) is 1. The molecule has 0 N–H and O–H groups in total. The van der Waals surface area contributed by atoms with E-state index >= 15 is 0 Å². The van der Waals surface area contributed by atoms with E-state index in [1.807, 2.05) is 0 Å². The zero-order chi connectivity index (χ0) is 16.1. The number of hydrogen-bond donors (Lipinski definition) is 0. The number of ether oxygens (including phenoxy) is 1. The summed E-state index contributed by atoms with van der Waals surface area (Å²) in [5.74, 6) is 0.274. The number of nitro groups is 1. The highest BCUT2D eigenvalue weighted by atomic mass is 79.9. The summed E-state index contributed by atoms with van der Waals surface area (Å²) in [5, 5.41) is 10.3. The largest absolute Gasteiger partial charge is 0.487 e. The molecule has 2 aromatic rings. The van der Waals surface area contributed by atoms with Crippen LogP contribution in [0.15, 0.2) is 51.5 Å². The van der Waals surface area contributed by atoms with Crippen LogP contribution >= 0.6 is 31.9 Å². The lowest BCUT2D eigenvalue weighted by Crippen LogP contribution is -1.97. The van der Waals surface area contributed by atoms with Crippen molar-refractivity contribution >= 4 is 37.9 Å². The van der Waals surface area contributed by atoms with Crippen molar-refractivity contribution in [1.29, 1.82) is 0 Å². The van der Waals surface area contributed by atoms with Gasteiger partial charge in [0.15, 0.2) is 0 Å². The average molecular weight is 431 g/mol. The van der Waals surface area contributed by atoms with Gasteiger partial charge in [0.2, 0.25) is 6.20 Å². The molecule has 22 heavy (non-hydrogen) atoms. The van der Waals surface area contributed by atoms with Crippen LogP contribution in [0.5, 0.6) is 5.75 Å². The van der Waals surface area contributed by atoms with Crippen LogP contribution in [0.3, 0.4) is 0 Å². The highest BCUT2D eigenvalue weighted by Crippen LogP contribution is 2.35. The maximum atomic E-state index is 12.8. The summed E-state index contributed by atoms with van der Waals surface area (Å²) in [6, 6.07) is 9.45. The summed E-state index contributed by atoms with van der Waals surface area (Å²) >= 11 is 6.74. The average Bonchev–Trinajstić information content (AvgIpc) is 2.46. The molecule has 7 heteroatoms. The molecule has 0 aromatic heterocycles. The predicted molar refractivity (Wildman–Crippen MR) is 88.6 cm³/mol. The van der Waals surface area contributed by atoms with Crippen molar-refractivity contribution < 1.29 is 14.1 Å². The molecule has 0 aliphatic carbocycles. The Morgan fingerprint density at radius 1 is 1.18 bits per heavy atom. The lowest BCUT2D eigenvalue weighted by Gasteiger charge is -2.11. The molecule has 2 aromatic carbocycles. The van der Waals surface area contributed by atoms with Gasteiger partial charge in [-0.25, -0.2) is 4.39 Å². The molecule has 0 unspecified atom stereocenters. The molecule has 2 rings (SSSR count). The first-order valence-corrected chi connectivity index (χ1v) is 7.72. The minimum Gasteiger partial charge on any atom is -0.487 e. The van der Waals surface area contributed by atoms with Crippen molar-refractivity contribution in [3.8, 4) is 5.75 Å².